The van der Waals surface area contributed by atoms with Gasteiger partial charge in [0, 0.05) is 31.8 Å². The average Bonchev–Trinajstić information content (AvgIpc) is 3.44. The number of amides is 1. The second-order valence-corrected chi connectivity index (χ2v) is 7.97. The van der Waals surface area contributed by atoms with Crippen molar-refractivity contribution in [1.29, 1.82) is 0 Å². The summed E-state index contributed by atoms with van der Waals surface area (Å²) in [5, 5.41) is 16.8. The molecule has 184 valence electrons. The van der Waals surface area contributed by atoms with E-state index in [-0.39, 0.29) is 18.2 Å². The minimum atomic E-state index is -0.603. The Balaban J connectivity index is 1.55. The molecule has 0 bridgehead atoms. The lowest BCUT2D eigenvalue weighted by atomic mass is 9.98. The van der Waals surface area contributed by atoms with Crippen molar-refractivity contribution in [3.63, 3.8) is 0 Å². The number of benzene rings is 2. The largest absolute Gasteiger partial charge is 0.441 e. The second-order valence-electron chi connectivity index (χ2n) is 7.97. The van der Waals surface area contributed by atoms with Crippen molar-refractivity contribution in [2.45, 2.75) is 26.8 Å². The molecule has 0 radical (unpaired) electrons. The molecule has 1 amide bonds. The molecule has 0 saturated carbocycles. The van der Waals surface area contributed by atoms with Crippen molar-refractivity contribution < 1.29 is 14.3 Å². The summed E-state index contributed by atoms with van der Waals surface area (Å²) < 4.78 is 5.17. The van der Waals surface area contributed by atoms with Gasteiger partial charge in [0.2, 0.25) is 11.7 Å². The van der Waals surface area contributed by atoms with Crippen LogP contribution in [0.25, 0.3) is 22.5 Å². The highest BCUT2D eigenvalue weighted by atomic mass is 16.5. The number of hydrogen-bond acceptors (Lipinski definition) is 9. The van der Waals surface area contributed by atoms with Gasteiger partial charge in [-0.15, -0.1) is 10.2 Å². The molecule has 36 heavy (non-hydrogen) atoms. The van der Waals surface area contributed by atoms with E-state index >= 15 is 0 Å². The van der Waals surface area contributed by atoms with E-state index in [1.165, 1.54) is 19.4 Å². The maximum atomic E-state index is 12.6. The number of aromatic amines is 1. The van der Waals surface area contributed by atoms with Crippen LogP contribution in [0, 0.1) is 0 Å². The molecule has 2 N–H and O–H groups in total. The topological polar surface area (TPSA) is 139 Å². The summed E-state index contributed by atoms with van der Waals surface area (Å²) in [4.78, 5) is 34.1. The van der Waals surface area contributed by atoms with Gasteiger partial charge in [-0.2, -0.15) is 5.21 Å². The van der Waals surface area contributed by atoms with E-state index in [2.05, 4.69) is 42.8 Å². The van der Waals surface area contributed by atoms with Crippen molar-refractivity contribution in [3.05, 3.63) is 72.2 Å². The van der Waals surface area contributed by atoms with Gasteiger partial charge in [0.15, 0.2) is 6.73 Å². The van der Waals surface area contributed by atoms with Gasteiger partial charge in [0.1, 0.15) is 17.7 Å². The van der Waals surface area contributed by atoms with Crippen molar-refractivity contribution in [2.75, 3.05) is 18.2 Å². The molecule has 0 aliphatic carbocycles. The maximum absolute atomic E-state index is 12.6. The van der Waals surface area contributed by atoms with Gasteiger partial charge >= 0.3 is 5.97 Å². The molecule has 0 spiro atoms. The van der Waals surface area contributed by atoms with E-state index in [0.717, 1.165) is 28.7 Å². The Kier molecular flexibility index (Phi) is 7.91. The van der Waals surface area contributed by atoms with Crippen molar-refractivity contribution in [1.82, 2.24) is 35.9 Å². The monoisotopic (exact) mass is 486 g/mol. The quantitative estimate of drug-likeness (QED) is 0.256. The predicted molar refractivity (Wildman–Crippen MR) is 133 cm³/mol. The summed E-state index contributed by atoms with van der Waals surface area (Å²) in [6.07, 6.45) is 3.68. The number of aromatic nitrogens is 6. The smallest absolute Gasteiger partial charge is 0.345 e. The summed E-state index contributed by atoms with van der Waals surface area (Å²) in [6.45, 7) is 4.39. The number of H-pyrrole nitrogens is 1. The molecular formula is C25H26N8O3. The van der Waals surface area contributed by atoms with Crippen molar-refractivity contribution in [2.24, 2.45) is 0 Å². The van der Waals surface area contributed by atoms with Crippen LogP contribution in [0.2, 0.25) is 0 Å². The van der Waals surface area contributed by atoms with Gasteiger partial charge in [-0.3, -0.25) is 4.79 Å². The first kappa shape index (κ1) is 24.5. The SMILES string of the molecule is CCCN(Cc1ccc(-c2ccccc2-c2nn[nH]n2)cc1)c1ncncc1C(=O)OCNC(C)=O. The Bertz CT molecular complexity index is 1310. The average molecular weight is 487 g/mol. The third-order valence-corrected chi connectivity index (χ3v) is 5.38. The number of ether oxygens (including phenoxy) is 1. The normalized spacial score (nSPS) is 10.6. The highest BCUT2D eigenvalue weighted by Crippen LogP contribution is 2.30. The number of hydrogen-bond donors (Lipinski definition) is 2. The van der Waals surface area contributed by atoms with E-state index in [1.807, 2.05) is 53.4 Å². The minimum absolute atomic E-state index is 0.219. The van der Waals surface area contributed by atoms with Crippen LogP contribution < -0.4 is 10.2 Å². The lowest BCUT2D eigenvalue weighted by Gasteiger charge is -2.25. The number of carbonyl (C=O) groups excluding carboxylic acids is 2. The highest BCUT2D eigenvalue weighted by molar-refractivity contribution is 5.94. The fraction of sp³-hybridized carbons (Fsp3) is 0.240. The zero-order valence-electron chi connectivity index (χ0n) is 20.0. The Morgan fingerprint density at radius 2 is 1.86 bits per heavy atom. The van der Waals surface area contributed by atoms with Crippen LogP contribution in [0.4, 0.5) is 5.82 Å². The summed E-state index contributed by atoms with van der Waals surface area (Å²) in [7, 11) is 0. The number of rotatable bonds is 10. The minimum Gasteiger partial charge on any atom is -0.441 e. The molecule has 4 rings (SSSR count). The van der Waals surface area contributed by atoms with Crippen LogP contribution in [-0.2, 0) is 16.1 Å². The summed E-state index contributed by atoms with van der Waals surface area (Å²) in [6, 6.07) is 16.1. The van der Waals surface area contributed by atoms with E-state index in [0.29, 0.717) is 24.7 Å². The van der Waals surface area contributed by atoms with Crippen molar-refractivity contribution in [3.8, 4) is 22.5 Å². The molecular weight excluding hydrogens is 460 g/mol. The summed E-state index contributed by atoms with van der Waals surface area (Å²) in [5.41, 5.74) is 4.18. The molecule has 2 aromatic carbocycles. The van der Waals surface area contributed by atoms with E-state index < -0.39 is 5.97 Å². The van der Waals surface area contributed by atoms with Crippen LogP contribution in [0.15, 0.2) is 61.1 Å². The number of esters is 1. The van der Waals surface area contributed by atoms with Gasteiger partial charge in [0.05, 0.1) is 0 Å². The molecule has 0 fully saturated rings. The van der Waals surface area contributed by atoms with Gasteiger partial charge in [-0.25, -0.2) is 14.8 Å². The first-order chi connectivity index (χ1) is 17.6. The zero-order valence-corrected chi connectivity index (χ0v) is 20.0. The van der Waals surface area contributed by atoms with Gasteiger partial charge in [-0.05, 0) is 28.3 Å². The first-order valence-electron chi connectivity index (χ1n) is 11.5. The molecule has 0 atom stereocenters. The van der Waals surface area contributed by atoms with E-state index in [4.69, 9.17) is 4.74 Å². The third-order valence-electron chi connectivity index (χ3n) is 5.38. The lowest BCUT2D eigenvalue weighted by Crippen LogP contribution is -2.29. The third kappa shape index (κ3) is 5.87. The first-order valence-corrected chi connectivity index (χ1v) is 11.5. The fourth-order valence-corrected chi connectivity index (χ4v) is 3.75. The molecule has 11 heteroatoms. The number of anilines is 1. The van der Waals surface area contributed by atoms with Gasteiger partial charge in [-0.1, -0.05) is 55.5 Å². The van der Waals surface area contributed by atoms with Crippen LogP contribution in [0.3, 0.4) is 0 Å². The Labute approximate surface area is 207 Å². The van der Waals surface area contributed by atoms with Gasteiger partial charge < -0.3 is 15.0 Å². The molecule has 0 saturated heterocycles. The zero-order chi connectivity index (χ0) is 25.3. The Morgan fingerprint density at radius 3 is 2.56 bits per heavy atom. The molecule has 0 unspecified atom stereocenters. The second kappa shape index (κ2) is 11.6. The van der Waals surface area contributed by atoms with Crippen molar-refractivity contribution >= 4 is 17.7 Å². The van der Waals surface area contributed by atoms with E-state index in [1.54, 1.807) is 0 Å². The van der Waals surface area contributed by atoms with Crippen LogP contribution in [0.1, 0.15) is 36.2 Å². The van der Waals surface area contributed by atoms with Gasteiger partial charge in [0.25, 0.3) is 0 Å². The van der Waals surface area contributed by atoms with Crippen LogP contribution in [-0.4, -0.2) is 55.7 Å². The molecule has 4 aromatic rings. The molecule has 11 nitrogen and oxygen atoms in total. The lowest BCUT2D eigenvalue weighted by molar-refractivity contribution is -0.120. The number of nitrogens with zero attached hydrogens (tertiary/aromatic N) is 6. The molecule has 0 aliphatic rings. The molecule has 2 aromatic heterocycles. The van der Waals surface area contributed by atoms with E-state index in [9.17, 15) is 9.59 Å². The Morgan fingerprint density at radius 1 is 1.08 bits per heavy atom. The molecule has 2 heterocycles. The Hall–Kier alpha value is -4.67. The van der Waals surface area contributed by atoms with Crippen LogP contribution >= 0.6 is 0 Å². The summed E-state index contributed by atoms with van der Waals surface area (Å²) in [5.74, 6) is 0.119. The highest BCUT2D eigenvalue weighted by Gasteiger charge is 2.20. The fourth-order valence-electron chi connectivity index (χ4n) is 3.75. The number of carbonyl (C=O) groups is 2. The standard InChI is InChI=1S/C25H26N8O3/c1-3-12-33(24-22(13-26-15-27-24)25(35)36-16-28-17(2)34)14-18-8-10-19(11-9-18)20-6-4-5-7-21(20)23-29-31-32-30-23/h4-11,13,15H,3,12,14,16H2,1-2H3,(H,28,34)(H,29,30,31,32). The summed E-state index contributed by atoms with van der Waals surface area (Å²) >= 11 is 0. The maximum Gasteiger partial charge on any atom is 0.345 e. The molecule has 0 aliphatic heterocycles. The predicted octanol–water partition coefficient (Wildman–Crippen LogP) is 2.99. The number of nitrogens with one attached hydrogen (secondary N) is 2. The number of tetrazole rings is 1. The van der Waals surface area contributed by atoms with Crippen LogP contribution in [0.5, 0.6) is 0 Å².